The van der Waals surface area contributed by atoms with E-state index in [-0.39, 0.29) is 23.8 Å². The molecule has 6 nitrogen and oxygen atoms in total. The lowest BCUT2D eigenvalue weighted by Crippen LogP contribution is -2.50. The Bertz CT molecular complexity index is 1120. The maximum absolute atomic E-state index is 13.7. The van der Waals surface area contributed by atoms with Gasteiger partial charge in [-0.15, -0.1) is 0 Å². The Balaban J connectivity index is 1.54. The van der Waals surface area contributed by atoms with Crippen LogP contribution in [0.15, 0.2) is 48.5 Å². The Labute approximate surface area is 214 Å². The van der Waals surface area contributed by atoms with Crippen LogP contribution >= 0.6 is 0 Å². The van der Waals surface area contributed by atoms with E-state index in [1.54, 1.807) is 13.8 Å². The number of carboxylic acids is 1. The number of aryl methyl sites for hydroxylation is 1. The van der Waals surface area contributed by atoms with Crippen molar-refractivity contribution in [3.8, 4) is 0 Å². The molecule has 1 aliphatic heterocycles. The number of anilines is 1. The van der Waals surface area contributed by atoms with Crippen molar-refractivity contribution in [3.63, 3.8) is 0 Å². The van der Waals surface area contributed by atoms with E-state index in [4.69, 9.17) is 0 Å². The number of hydrogen-bond acceptors (Lipinski definition) is 3. The van der Waals surface area contributed by atoms with Gasteiger partial charge in [0, 0.05) is 29.9 Å². The molecule has 0 bridgehead atoms. The lowest BCUT2D eigenvalue weighted by molar-refractivity contribution is -0.147. The van der Waals surface area contributed by atoms with Gasteiger partial charge in [0.15, 0.2) is 0 Å². The fourth-order valence-corrected chi connectivity index (χ4v) is 5.37. The molecule has 1 heterocycles. The number of likely N-dealkylation sites (N-methyl/N-ethyl adjacent to an activating group) is 1. The second-order valence-electron chi connectivity index (χ2n) is 11.0. The summed E-state index contributed by atoms with van der Waals surface area (Å²) < 4.78 is 0. The molecule has 0 radical (unpaired) electrons. The highest BCUT2D eigenvalue weighted by Crippen LogP contribution is 2.41. The SMILES string of the molecule is CCN(C(=O)[C@H]1C[C@H](C)N(C(=O)c2ccc(CCC(C)(C)C(=O)O)cc2)c2ccccc21)C1CCC1. The van der Waals surface area contributed by atoms with E-state index < -0.39 is 11.4 Å². The van der Waals surface area contributed by atoms with Crippen molar-refractivity contribution >= 4 is 23.5 Å². The normalized spacial score (nSPS) is 19.8. The van der Waals surface area contributed by atoms with E-state index >= 15 is 0 Å². The first kappa shape index (κ1) is 25.9. The van der Waals surface area contributed by atoms with Crippen LogP contribution in [0.2, 0.25) is 0 Å². The number of fused-ring (bicyclic) bond motifs is 1. The van der Waals surface area contributed by atoms with Crippen molar-refractivity contribution in [3.05, 3.63) is 65.2 Å². The Hall–Kier alpha value is -3.15. The average Bonchev–Trinajstić information content (AvgIpc) is 2.83. The highest BCUT2D eigenvalue weighted by molar-refractivity contribution is 6.08. The molecule has 1 aliphatic carbocycles. The first-order valence-corrected chi connectivity index (χ1v) is 13.2. The fourth-order valence-electron chi connectivity index (χ4n) is 5.37. The summed E-state index contributed by atoms with van der Waals surface area (Å²) in [5.74, 6) is -0.939. The van der Waals surface area contributed by atoms with E-state index in [0.29, 0.717) is 30.9 Å². The van der Waals surface area contributed by atoms with Crippen molar-refractivity contribution < 1.29 is 19.5 Å². The van der Waals surface area contributed by atoms with Gasteiger partial charge in [0.1, 0.15) is 0 Å². The van der Waals surface area contributed by atoms with Crippen LogP contribution in [0, 0.1) is 5.41 Å². The van der Waals surface area contributed by atoms with Crippen molar-refractivity contribution in [2.75, 3.05) is 11.4 Å². The van der Waals surface area contributed by atoms with Gasteiger partial charge < -0.3 is 14.9 Å². The van der Waals surface area contributed by atoms with E-state index in [2.05, 4.69) is 6.92 Å². The first-order valence-electron chi connectivity index (χ1n) is 13.2. The highest BCUT2D eigenvalue weighted by Gasteiger charge is 2.40. The number of nitrogens with zero attached hydrogens (tertiary/aromatic N) is 2. The summed E-state index contributed by atoms with van der Waals surface area (Å²) in [4.78, 5) is 42.6. The second kappa shape index (κ2) is 10.5. The molecule has 1 fully saturated rings. The zero-order chi connectivity index (χ0) is 26.0. The van der Waals surface area contributed by atoms with Gasteiger partial charge in [-0.3, -0.25) is 14.4 Å². The van der Waals surface area contributed by atoms with Crippen molar-refractivity contribution in [1.29, 1.82) is 0 Å². The number of amides is 2. The number of carboxylic acid groups (broad SMARTS) is 1. The summed E-state index contributed by atoms with van der Waals surface area (Å²) >= 11 is 0. The molecule has 1 N–H and O–H groups in total. The predicted octanol–water partition coefficient (Wildman–Crippen LogP) is 5.65. The van der Waals surface area contributed by atoms with Gasteiger partial charge in [-0.25, -0.2) is 0 Å². The molecule has 1 saturated carbocycles. The van der Waals surface area contributed by atoms with Gasteiger partial charge in [-0.2, -0.15) is 0 Å². The number of carbonyl (C=O) groups excluding carboxylic acids is 2. The van der Waals surface area contributed by atoms with Crippen molar-refractivity contribution in [1.82, 2.24) is 4.90 Å². The quantitative estimate of drug-likeness (QED) is 0.518. The molecule has 0 spiro atoms. The summed E-state index contributed by atoms with van der Waals surface area (Å²) in [5, 5.41) is 9.35. The number of para-hydroxylation sites is 1. The largest absolute Gasteiger partial charge is 0.481 e. The van der Waals surface area contributed by atoms with E-state index in [9.17, 15) is 19.5 Å². The first-order chi connectivity index (χ1) is 17.1. The zero-order valence-corrected chi connectivity index (χ0v) is 21.9. The minimum Gasteiger partial charge on any atom is -0.481 e. The topological polar surface area (TPSA) is 77.9 Å². The van der Waals surface area contributed by atoms with Gasteiger partial charge >= 0.3 is 5.97 Å². The van der Waals surface area contributed by atoms with Crippen molar-refractivity contribution in [2.45, 2.75) is 84.2 Å². The molecule has 0 unspecified atom stereocenters. The molecule has 192 valence electrons. The molecule has 2 aliphatic rings. The third-order valence-electron chi connectivity index (χ3n) is 8.06. The monoisotopic (exact) mass is 490 g/mol. The molecule has 2 aromatic carbocycles. The minimum atomic E-state index is -0.807. The van der Waals surface area contributed by atoms with Crippen LogP contribution in [-0.2, 0) is 16.0 Å². The number of aliphatic carboxylic acids is 1. The van der Waals surface area contributed by atoms with E-state index in [1.807, 2.05) is 65.3 Å². The molecule has 0 saturated heterocycles. The summed E-state index contributed by atoms with van der Waals surface area (Å²) in [6, 6.07) is 15.5. The van der Waals surface area contributed by atoms with Crippen molar-refractivity contribution in [2.24, 2.45) is 5.41 Å². The van der Waals surface area contributed by atoms with Gasteiger partial charge in [0.2, 0.25) is 5.91 Å². The molecule has 4 rings (SSSR count). The van der Waals surface area contributed by atoms with Gasteiger partial charge in [0.05, 0.1) is 11.3 Å². The Morgan fingerprint density at radius 2 is 1.72 bits per heavy atom. The minimum absolute atomic E-state index is 0.0791. The molecule has 2 atom stereocenters. The number of rotatable bonds is 8. The Morgan fingerprint density at radius 1 is 1.06 bits per heavy atom. The molecule has 36 heavy (non-hydrogen) atoms. The second-order valence-corrected chi connectivity index (χ2v) is 11.0. The van der Waals surface area contributed by atoms with Crippen LogP contribution in [-0.4, -0.2) is 46.4 Å². The van der Waals surface area contributed by atoms with Gasteiger partial charge in [-0.05, 0) is 95.5 Å². The highest BCUT2D eigenvalue weighted by atomic mass is 16.4. The van der Waals surface area contributed by atoms with Crippen LogP contribution in [0.5, 0.6) is 0 Å². The predicted molar refractivity (Wildman–Crippen MR) is 141 cm³/mol. The van der Waals surface area contributed by atoms with E-state index in [1.165, 1.54) is 6.42 Å². The maximum Gasteiger partial charge on any atom is 0.309 e. The molecule has 6 heteroatoms. The number of hydrogen-bond donors (Lipinski definition) is 1. The van der Waals surface area contributed by atoms with Crippen LogP contribution in [0.1, 0.15) is 87.2 Å². The third-order valence-corrected chi connectivity index (χ3v) is 8.06. The molecular formula is C30H38N2O4. The maximum atomic E-state index is 13.7. The third kappa shape index (κ3) is 5.04. The fraction of sp³-hybridized carbons (Fsp3) is 0.500. The molecule has 0 aromatic heterocycles. The summed E-state index contributed by atoms with van der Waals surface area (Å²) in [6.45, 7) is 8.25. The summed E-state index contributed by atoms with van der Waals surface area (Å²) in [5.41, 5.74) is 2.55. The van der Waals surface area contributed by atoms with Crippen LogP contribution in [0.25, 0.3) is 0 Å². The Morgan fingerprint density at radius 3 is 2.31 bits per heavy atom. The lowest BCUT2D eigenvalue weighted by atomic mass is 9.83. The van der Waals surface area contributed by atoms with Crippen LogP contribution in [0.4, 0.5) is 5.69 Å². The number of benzene rings is 2. The summed E-state index contributed by atoms with van der Waals surface area (Å²) in [7, 11) is 0. The van der Waals surface area contributed by atoms with Gasteiger partial charge in [0.25, 0.3) is 5.91 Å². The Kier molecular flexibility index (Phi) is 7.53. The van der Waals surface area contributed by atoms with E-state index in [0.717, 1.165) is 36.2 Å². The molecule has 2 amide bonds. The van der Waals surface area contributed by atoms with Crippen LogP contribution in [0.3, 0.4) is 0 Å². The average molecular weight is 491 g/mol. The zero-order valence-electron chi connectivity index (χ0n) is 21.9. The molecule has 2 aromatic rings. The smallest absolute Gasteiger partial charge is 0.309 e. The molecular weight excluding hydrogens is 452 g/mol. The van der Waals surface area contributed by atoms with Gasteiger partial charge in [-0.1, -0.05) is 30.3 Å². The lowest BCUT2D eigenvalue weighted by Gasteiger charge is -2.43. The summed E-state index contributed by atoms with van der Waals surface area (Å²) in [6.07, 6.45) is 5.11. The number of carbonyl (C=O) groups is 3. The van der Waals surface area contributed by atoms with Crippen LogP contribution < -0.4 is 4.90 Å². The standard InChI is InChI=1S/C30H38N2O4/c1-5-31(23-9-8-10-23)28(34)25-19-20(2)32(26-12-7-6-11-24(25)26)27(33)22-15-13-21(14-16-22)17-18-30(3,4)29(35)36/h6-7,11-16,20,23,25H,5,8-10,17-19H2,1-4H3,(H,35,36)/t20-,25-/m0/s1.